The molecule has 0 fully saturated rings. The number of hydrogen-bond acceptors (Lipinski definition) is 4. The standard InChI is InChI=1S/C25H19N2O.C14H14N.Ir/c1-15-12-13-26-22(14-15)20-9-5-8-18-19-10-11-21(27-25(19)28-24(18)20)23-16(2)6-4-7-17(23)3;1-10-4-6-13(7-5-10)14-8-11(2)12(3)9-15-14;/h4-8,10-14H,1-3H3;4-6,8-9H,1-3H3;/q2*-1;/i1D3;;. The summed E-state index contributed by atoms with van der Waals surface area (Å²) in [6, 6.07) is 31.7. The van der Waals surface area contributed by atoms with E-state index < -0.39 is 6.85 Å². The van der Waals surface area contributed by atoms with Crippen molar-refractivity contribution < 1.29 is 28.6 Å². The van der Waals surface area contributed by atoms with Gasteiger partial charge in [0.15, 0.2) is 0 Å². The summed E-state index contributed by atoms with van der Waals surface area (Å²) in [6.07, 6.45) is 3.42. The van der Waals surface area contributed by atoms with Crippen molar-refractivity contribution in [3.8, 4) is 33.8 Å². The molecule has 0 saturated carbocycles. The van der Waals surface area contributed by atoms with Gasteiger partial charge >= 0.3 is 0 Å². The first-order valence-corrected chi connectivity index (χ1v) is 14.2. The quantitative estimate of drug-likeness (QED) is 0.169. The van der Waals surface area contributed by atoms with E-state index in [2.05, 4.69) is 87.1 Å². The van der Waals surface area contributed by atoms with Gasteiger partial charge in [0.1, 0.15) is 0 Å². The summed E-state index contributed by atoms with van der Waals surface area (Å²) in [5.74, 6) is 0. The maximum atomic E-state index is 7.68. The van der Waals surface area contributed by atoms with Crippen LogP contribution >= 0.6 is 0 Å². The zero-order chi connectivity index (χ0) is 32.6. The molecule has 221 valence electrons. The molecule has 0 amide bonds. The Kier molecular flexibility index (Phi) is 8.05. The van der Waals surface area contributed by atoms with Crippen LogP contribution in [0.5, 0.6) is 0 Å². The maximum absolute atomic E-state index is 7.68. The largest absolute Gasteiger partial charge is 0.486 e. The van der Waals surface area contributed by atoms with Crippen molar-refractivity contribution in [2.75, 3.05) is 0 Å². The summed E-state index contributed by atoms with van der Waals surface area (Å²) >= 11 is 0. The molecule has 0 atom stereocenters. The minimum absolute atomic E-state index is 0. The minimum Gasteiger partial charge on any atom is -0.486 e. The molecule has 0 saturated heterocycles. The van der Waals surface area contributed by atoms with Gasteiger partial charge in [-0.25, -0.2) is 4.98 Å². The molecule has 0 aliphatic rings. The van der Waals surface area contributed by atoms with Gasteiger partial charge in [-0.3, -0.25) is 0 Å². The van der Waals surface area contributed by atoms with Gasteiger partial charge in [0.05, 0.1) is 11.3 Å². The third-order valence-electron chi connectivity index (χ3n) is 7.67. The van der Waals surface area contributed by atoms with Crippen LogP contribution in [0.1, 0.15) is 37.5 Å². The van der Waals surface area contributed by atoms with Crippen LogP contribution in [0.15, 0.2) is 95.7 Å². The van der Waals surface area contributed by atoms with Crippen LogP contribution in [0.3, 0.4) is 0 Å². The summed E-state index contributed by atoms with van der Waals surface area (Å²) in [5.41, 5.74) is 12.5. The molecular formula is C39H33IrN3O-2. The summed E-state index contributed by atoms with van der Waals surface area (Å²) in [4.78, 5) is 13.6. The molecule has 1 radical (unpaired) electrons. The third kappa shape index (κ3) is 6.26. The summed E-state index contributed by atoms with van der Waals surface area (Å²) in [7, 11) is 0. The Morgan fingerprint density at radius 1 is 0.705 bits per heavy atom. The Bertz CT molecular complexity index is 2190. The molecule has 7 rings (SSSR count). The van der Waals surface area contributed by atoms with E-state index in [9.17, 15) is 0 Å². The van der Waals surface area contributed by atoms with Gasteiger partial charge in [0.25, 0.3) is 0 Å². The van der Waals surface area contributed by atoms with E-state index in [0.717, 1.165) is 44.4 Å². The number of fused-ring (bicyclic) bond motifs is 3. The summed E-state index contributed by atoms with van der Waals surface area (Å²) < 4.78 is 29.2. The van der Waals surface area contributed by atoms with Crippen molar-refractivity contribution >= 4 is 22.1 Å². The number of hydrogen-bond donors (Lipinski definition) is 0. The van der Waals surface area contributed by atoms with Crippen LogP contribution in [-0.2, 0) is 20.1 Å². The van der Waals surface area contributed by atoms with Crippen LogP contribution in [0.25, 0.3) is 55.8 Å². The van der Waals surface area contributed by atoms with Gasteiger partial charge in [-0.2, -0.15) is 0 Å². The van der Waals surface area contributed by atoms with Gasteiger partial charge in [0, 0.05) is 47.6 Å². The Balaban J connectivity index is 0.000000228. The topological polar surface area (TPSA) is 51.8 Å². The second-order valence-corrected chi connectivity index (χ2v) is 10.9. The zero-order valence-electron chi connectivity index (χ0n) is 28.2. The first-order chi connectivity index (χ1) is 22.0. The Morgan fingerprint density at radius 2 is 1.52 bits per heavy atom. The number of rotatable bonds is 3. The van der Waals surface area contributed by atoms with Crippen molar-refractivity contribution in [2.45, 2.75) is 41.5 Å². The maximum Gasteiger partial charge on any atom is 0.216 e. The number of aromatic nitrogens is 3. The normalized spacial score (nSPS) is 12.1. The molecule has 0 aliphatic heterocycles. The molecule has 4 heterocycles. The first-order valence-electron chi connectivity index (χ1n) is 15.7. The Labute approximate surface area is 276 Å². The van der Waals surface area contributed by atoms with Crippen LogP contribution < -0.4 is 0 Å². The predicted octanol–water partition coefficient (Wildman–Crippen LogP) is 9.91. The van der Waals surface area contributed by atoms with Crippen LogP contribution in [0.2, 0.25) is 0 Å². The van der Waals surface area contributed by atoms with E-state index in [1.165, 1.54) is 29.0 Å². The van der Waals surface area contributed by atoms with Crippen LogP contribution in [0, 0.1) is 53.6 Å². The van der Waals surface area contributed by atoms with Gasteiger partial charge in [-0.05, 0) is 80.8 Å². The number of benzene rings is 3. The van der Waals surface area contributed by atoms with Gasteiger partial charge in [-0.15, -0.1) is 53.6 Å². The van der Waals surface area contributed by atoms with Gasteiger partial charge in [0.2, 0.25) is 5.71 Å². The molecule has 0 bridgehead atoms. The second-order valence-electron chi connectivity index (χ2n) is 10.9. The summed E-state index contributed by atoms with van der Waals surface area (Å²) in [5, 5.41) is 1.79. The third-order valence-corrected chi connectivity index (χ3v) is 7.67. The number of nitrogens with zero attached hydrogens (tertiary/aromatic N) is 3. The molecule has 0 aliphatic carbocycles. The average Bonchev–Trinajstić information content (AvgIpc) is 3.41. The van der Waals surface area contributed by atoms with Gasteiger partial charge < -0.3 is 14.4 Å². The van der Waals surface area contributed by atoms with Crippen molar-refractivity contribution in [2.24, 2.45) is 0 Å². The number of furan rings is 1. The van der Waals surface area contributed by atoms with Crippen molar-refractivity contribution in [1.29, 1.82) is 0 Å². The first kappa shape index (κ1) is 27.1. The van der Waals surface area contributed by atoms with Crippen molar-refractivity contribution in [3.63, 3.8) is 0 Å². The fourth-order valence-corrected chi connectivity index (χ4v) is 5.17. The molecule has 0 N–H and O–H groups in total. The van der Waals surface area contributed by atoms with E-state index in [-0.39, 0.29) is 25.7 Å². The molecule has 3 aromatic carbocycles. The van der Waals surface area contributed by atoms with E-state index in [1.807, 2.05) is 36.5 Å². The Hall–Kier alpha value is -4.44. The minimum atomic E-state index is -2.21. The van der Waals surface area contributed by atoms with Gasteiger partial charge in [-0.1, -0.05) is 59.3 Å². The molecule has 4 nitrogen and oxygen atoms in total. The zero-order valence-corrected chi connectivity index (χ0v) is 27.6. The molecule has 44 heavy (non-hydrogen) atoms. The second kappa shape index (κ2) is 13.1. The van der Waals surface area contributed by atoms with Crippen molar-refractivity contribution in [3.05, 3.63) is 137 Å². The molecule has 0 spiro atoms. The molecule has 0 unspecified atom stereocenters. The SMILES string of the molecule is Cc1c[c-]c(-c2cc(C)c(C)cn2)cc1.[2H]C([2H])([2H])c1ccnc(-c2[c-]ccc3c2oc2nc(-c4c(C)cccc4C)ccc23)c1.[Ir]. The van der Waals surface area contributed by atoms with Crippen LogP contribution in [0.4, 0.5) is 0 Å². The fourth-order valence-electron chi connectivity index (χ4n) is 5.17. The van der Waals surface area contributed by atoms with E-state index in [1.54, 1.807) is 12.1 Å². The fraction of sp³-hybridized carbons (Fsp3) is 0.154. The number of aryl methyl sites for hydroxylation is 6. The molecule has 7 aromatic rings. The average molecular weight is 755 g/mol. The van der Waals surface area contributed by atoms with E-state index in [4.69, 9.17) is 13.5 Å². The monoisotopic (exact) mass is 755 g/mol. The van der Waals surface area contributed by atoms with E-state index >= 15 is 0 Å². The predicted molar refractivity (Wildman–Crippen MR) is 176 cm³/mol. The molecule has 5 heteroatoms. The smallest absolute Gasteiger partial charge is 0.216 e. The Morgan fingerprint density at radius 3 is 2.25 bits per heavy atom. The van der Waals surface area contributed by atoms with E-state index in [0.29, 0.717) is 22.6 Å². The molecule has 4 aromatic heterocycles. The molecular weight excluding hydrogens is 719 g/mol. The summed E-state index contributed by atoms with van der Waals surface area (Å²) in [6.45, 7) is 8.18. The van der Waals surface area contributed by atoms with Crippen LogP contribution in [-0.4, -0.2) is 15.0 Å². The van der Waals surface area contributed by atoms with Crippen molar-refractivity contribution in [1.82, 2.24) is 15.0 Å². The number of pyridine rings is 3.